The van der Waals surface area contributed by atoms with Crippen molar-refractivity contribution in [2.45, 2.75) is 12.5 Å². The number of hydrogen-bond acceptors (Lipinski definition) is 2. The maximum absolute atomic E-state index is 13.4. The molecule has 0 amide bonds. The molecule has 0 aliphatic rings. The van der Waals surface area contributed by atoms with Gasteiger partial charge in [-0.1, -0.05) is 18.2 Å². The molecule has 2 nitrogen and oxygen atoms in total. The summed E-state index contributed by atoms with van der Waals surface area (Å²) in [6.07, 6.45) is -0.377. The van der Waals surface area contributed by atoms with Gasteiger partial charge < -0.3 is 10.4 Å². The summed E-state index contributed by atoms with van der Waals surface area (Å²) < 4.78 is 38.9. The standard InChI is InChI=1S/C16H16F3NO/c17-12-3-1-11(2-4-12)7-8-20-10-16(21)14-6-5-13(18)9-15(14)19/h1-6,9,16,20-21H,7-8,10H2. The minimum Gasteiger partial charge on any atom is -0.387 e. The fourth-order valence-electron chi connectivity index (χ4n) is 2.00. The van der Waals surface area contributed by atoms with Crippen molar-refractivity contribution in [2.24, 2.45) is 0 Å². The summed E-state index contributed by atoms with van der Waals surface area (Å²) in [6.45, 7) is 0.718. The van der Waals surface area contributed by atoms with Crippen LogP contribution in [0.5, 0.6) is 0 Å². The van der Waals surface area contributed by atoms with Gasteiger partial charge in [-0.3, -0.25) is 0 Å². The molecule has 0 aromatic heterocycles. The van der Waals surface area contributed by atoms with E-state index in [0.717, 1.165) is 17.7 Å². The molecule has 5 heteroatoms. The average Bonchev–Trinajstić information content (AvgIpc) is 2.45. The number of aliphatic hydroxyl groups is 1. The summed E-state index contributed by atoms with van der Waals surface area (Å²) >= 11 is 0. The third-order valence-electron chi connectivity index (χ3n) is 3.16. The number of nitrogens with one attached hydrogen (secondary N) is 1. The fraction of sp³-hybridized carbons (Fsp3) is 0.250. The second-order valence-corrected chi connectivity index (χ2v) is 4.76. The van der Waals surface area contributed by atoms with E-state index in [2.05, 4.69) is 5.32 Å². The highest BCUT2D eigenvalue weighted by Crippen LogP contribution is 2.17. The summed E-state index contributed by atoms with van der Waals surface area (Å²) in [4.78, 5) is 0. The Morgan fingerprint density at radius 2 is 1.62 bits per heavy atom. The zero-order chi connectivity index (χ0) is 15.2. The molecular formula is C16H16F3NO. The van der Waals surface area contributed by atoms with Crippen molar-refractivity contribution in [3.05, 3.63) is 71.0 Å². The molecule has 0 bridgehead atoms. The van der Waals surface area contributed by atoms with Gasteiger partial charge in [0.2, 0.25) is 0 Å². The Morgan fingerprint density at radius 1 is 0.952 bits per heavy atom. The molecule has 0 fully saturated rings. The topological polar surface area (TPSA) is 32.3 Å². The lowest BCUT2D eigenvalue weighted by Crippen LogP contribution is -2.24. The third-order valence-corrected chi connectivity index (χ3v) is 3.16. The first-order chi connectivity index (χ1) is 10.1. The highest BCUT2D eigenvalue weighted by Gasteiger charge is 2.12. The minimum absolute atomic E-state index is 0.0608. The molecule has 2 rings (SSSR count). The van der Waals surface area contributed by atoms with Gasteiger partial charge in [0.25, 0.3) is 0 Å². The van der Waals surface area contributed by atoms with Gasteiger partial charge in [-0.2, -0.15) is 0 Å². The van der Waals surface area contributed by atoms with Crippen LogP contribution in [0.3, 0.4) is 0 Å². The molecule has 2 aromatic carbocycles. The third kappa shape index (κ3) is 4.58. The highest BCUT2D eigenvalue weighted by molar-refractivity contribution is 5.21. The van der Waals surface area contributed by atoms with Crippen LogP contribution in [-0.4, -0.2) is 18.2 Å². The van der Waals surface area contributed by atoms with Crippen LogP contribution in [0, 0.1) is 17.5 Å². The van der Waals surface area contributed by atoms with Gasteiger partial charge in [0, 0.05) is 18.2 Å². The van der Waals surface area contributed by atoms with E-state index >= 15 is 0 Å². The molecular weight excluding hydrogens is 279 g/mol. The van der Waals surface area contributed by atoms with Crippen molar-refractivity contribution < 1.29 is 18.3 Å². The highest BCUT2D eigenvalue weighted by atomic mass is 19.1. The smallest absolute Gasteiger partial charge is 0.131 e. The van der Waals surface area contributed by atoms with Crippen LogP contribution in [0.15, 0.2) is 42.5 Å². The lowest BCUT2D eigenvalue weighted by molar-refractivity contribution is 0.170. The first-order valence-corrected chi connectivity index (χ1v) is 6.64. The first kappa shape index (κ1) is 15.5. The van der Waals surface area contributed by atoms with E-state index in [4.69, 9.17) is 0 Å². The molecule has 2 N–H and O–H groups in total. The van der Waals surface area contributed by atoms with Crippen molar-refractivity contribution in [3.63, 3.8) is 0 Å². The molecule has 0 saturated heterocycles. The van der Waals surface area contributed by atoms with Gasteiger partial charge in [-0.05, 0) is 36.7 Å². The van der Waals surface area contributed by atoms with E-state index in [0.29, 0.717) is 13.0 Å². The number of aliphatic hydroxyl groups excluding tert-OH is 1. The van der Waals surface area contributed by atoms with Crippen LogP contribution in [-0.2, 0) is 6.42 Å². The molecule has 0 heterocycles. The Labute approximate surface area is 121 Å². The summed E-state index contributed by atoms with van der Waals surface area (Å²) in [5.41, 5.74) is 1.03. The van der Waals surface area contributed by atoms with Crippen LogP contribution in [0.4, 0.5) is 13.2 Å². The second kappa shape index (κ2) is 7.24. The van der Waals surface area contributed by atoms with Crippen molar-refractivity contribution in [1.82, 2.24) is 5.32 Å². The van der Waals surface area contributed by atoms with Gasteiger partial charge in [-0.15, -0.1) is 0 Å². The zero-order valence-corrected chi connectivity index (χ0v) is 11.3. The summed E-state index contributed by atoms with van der Waals surface area (Å²) in [5.74, 6) is -1.72. The van der Waals surface area contributed by atoms with Gasteiger partial charge in [0.1, 0.15) is 17.5 Å². The van der Waals surface area contributed by atoms with E-state index in [1.165, 1.54) is 18.2 Å². The maximum Gasteiger partial charge on any atom is 0.131 e. The largest absolute Gasteiger partial charge is 0.387 e. The Morgan fingerprint density at radius 3 is 2.29 bits per heavy atom. The predicted molar refractivity (Wildman–Crippen MR) is 74.3 cm³/mol. The lowest BCUT2D eigenvalue weighted by atomic mass is 10.1. The number of halogens is 3. The van der Waals surface area contributed by atoms with Crippen LogP contribution < -0.4 is 5.32 Å². The zero-order valence-electron chi connectivity index (χ0n) is 11.3. The summed E-state index contributed by atoms with van der Waals surface area (Å²) in [5, 5.41) is 12.8. The van der Waals surface area contributed by atoms with Crippen LogP contribution >= 0.6 is 0 Å². The molecule has 2 aromatic rings. The monoisotopic (exact) mass is 295 g/mol. The van der Waals surface area contributed by atoms with Crippen molar-refractivity contribution in [3.8, 4) is 0 Å². The first-order valence-electron chi connectivity index (χ1n) is 6.64. The molecule has 1 atom stereocenters. The Balaban J connectivity index is 1.79. The Bertz CT molecular complexity index is 587. The maximum atomic E-state index is 13.4. The minimum atomic E-state index is -1.04. The normalized spacial score (nSPS) is 12.4. The quantitative estimate of drug-likeness (QED) is 0.803. The number of rotatable bonds is 6. The van der Waals surface area contributed by atoms with Gasteiger partial charge >= 0.3 is 0 Å². The number of benzene rings is 2. The fourth-order valence-corrected chi connectivity index (χ4v) is 2.00. The van der Waals surface area contributed by atoms with E-state index in [1.807, 2.05) is 0 Å². The SMILES string of the molecule is OC(CNCCc1ccc(F)cc1)c1ccc(F)cc1F. The molecule has 0 spiro atoms. The summed E-state index contributed by atoms with van der Waals surface area (Å²) in [7, 11) is 0. The van der Waals surface area contributed by atoms with Crippen LogP contribution in [0.2, 0.25) is 0 Å². The molecule has 0 aliphatic heterocycles. The van der Waals surface area contributed by atoms with E-state index in [9.17, 15) is 18.3 Å². The average molecular weight is 295 g/mol. The van der Waals surface area contributed by atoms with Crippen molar-refractivity contribution in [2.75, 3.05) is 13.1 Å². The van der Waals surface area contributed by atoms with Crippen LogP contribution in [0.25, 0.3) is 0 Å². The number of hydrogen-bond donors (Lipinski definition) is 2. The molecule has 21 heavy (non-hydrogen) atoms. The summed E-state index contributed by atoms with van der Waals surface area (Å²) in [6, 6.07) is 9.24. The van der Waals surface area contributed by atoms with Gasteiger partial charge in [0.15, 0.2) is 0 Å². The molecule has 0 aliphatic carbocycles. The van der Waals surface area contributed by atoms with E-state index in [-0.39, 0.29) is 17.9 Å². The molecule has 0 saturated carbocycles. The van der Waals surface area contributed by atoms with Gasteiger partial charge in [0.05, 0.1) is 6.10 Å². The molecule has 1 unspecified atom stereocenters. The van der Waals surface area contributed by atoms with E-state index < -0.39 is 17.7 Å². The van der Waals surface area contributed by atoms with E-state index in [1.54, 1.807) is 12.1 Å². The second-order valence-electron chi connectivity index (χ2n) is 4.76. The molecule has 112 valence electrons. The Hall–Kier alpha value is -1.85. The Kier molecular flexibility index (Phi) is 5.36. The predicted octanol–water partition coefficient (Wildman–Crippen LogP) is 2.97. The van der Waals surface area contributed by atoms with Crippen molar-refractivity contribution in [1.29, 1.82) is 0 Å². The van der Waals surface area contributed by atoms with Crippen LogP contribution in [0.1, 0.15) is 17.2 Å². The lowest BCUT2D eigenvalue weighted by Gasteiger charge is -2.13. The van der Waals surface area contributed by atoms with Gasteiger partial charge in [-0.25, -0.2) is 13.2 Å². The molecule has 0 radical (unpaired) electrons. The van der Waals surface area contributed by atoms with Crippen molar-refractivity contribution >= 4 is 0 Å².